The molecule has 78 valence electrons. The minimum atomic E-state index is 0.246. The highest BCUT2D eigenvalue weighted by atomic mass is 16.2. The molecule has 0 bridgehead atoms. The predicted molar refractivity (Wildman–Crippen MR) is 58.2 cm³/mol. The first-order chi connectivity index (χ1) is 6.74. The molecule has 0 aliphatic carbocycles. The van der Waals surface area contributed by atoms with E-state index in [-0.39, 0.29) is 6.61 Å². The molecule has 0 aliphatic heterocycles. The number of nitrogens with two attached hydrogens (primary N) is 1. The van der Waals surface area contributed by atoms with E-state index < -0.39 is 0 Å². The average Bonchev–Trinajstić information content (AvgIpc) is 2.15. The number of nitrogens with zero attached hydrogens (tertiary/aromatic N) is 1. The molecule has 4 heteroatoms. The summed E-state index contributed by atoms with van der Waals surface area (Å²) >= 11 is 0. The zero-order valence-corrected chi connectivity index (χ0v) is 8.45. The number of nitrogen functional groups attached to an aromatic ring is 1. The zero-order chi connectivity index (χ0) is 10.4. The molecule has 0 unspecified atom stereocenters. The average molecular weight is 195 g/mol. The molecule has 4 nitrogen and oxygen atoms in total. The molecule has 0 radical (unpaired) electrons. The Morgan fingerprint density at radius 1 is 1.50 bits per heavy atom. The molecule has 0 fully saturated rings. The molecule has 1 aromatic rings. The van der Waals surface area contributed by atoms with Crippen molar-refractivity contribution < 1.29 is 5.11 Å². The van der Waals surface area contributed by atoms with Crippen LogP contribution in [0.25, 0.3) is 0 Å². The third-order valence-electron chi connectivity index (χ3n) is 1.98. The number of anilines is 2. The molecule has 4 N–H and O–H groups in total. The number of aliphatic hydroxyl groups is 1. The van der Waals surface area contributed by atoms with Gasteiger partial charge in [-0.2, -0.15) is 0 Å². The van der Waals surface area contributed by atoms with E-state index in [4.69, 9.17) is 10.8 Å². The number of aliphatic hydroxyl groups excluding tert-OH is 1. The highest BCUT2D eigenvalue weighted by molar-refractivity contribution is 5.50. The molecule has 0 spiro atoms. The molecule has 0 amide bonds. The fourth-order valence-electron chi connectivity index (χ4n) is 1.23. The molecule has 0 aromatic carbocycles. The van der Waals surface area contributed by atoms with Crippen LogP contribution in [0.1, 0.15) is 18.4 Å². The zero-order valence-electron chi connectivity index (χ0n) is 8.45. The fourth-order valence-corrected chi connectivity index (χ4v) is 1.23. The lowest BCUT2D eigenvalue weighted by atomic mass is 10.2. The smallest absolute Gasteiger partial charge is 0.128 e. The first kappa shape index (κ1) is 10.8. The van der Waals surface area contributed by atoms with Gasteiger partial charge in [0, 0.05) is 13.2 Å². The van der Waals surface area contributed by atoms with Crippen LogP contribution in [-0.4, -0.2) is 23.2 Å². The predicted octanol–water partition coefficient (Wildman–Crippen LogP) is 1.16. The normalized spacial score (nSPS) is 10.1. The molecule has 1 aromatic heterocycles. The summed E-state index contributed by atoms with van der Waals surface area (Å²) in [7, 11) is 0. The minimum Gasteiger partial charge on any atom is -0.397 e. The van der Waals surface area contributed by atoms with Crippen molar-refractivity contribution in [1.29, 1.82) is 0 Å². The van der Waals surface area contributed by atoms with Gasteiger partial charge in [-0.1, -0.05) is 0 Å². The van der Waals surface area contributed by atoms with Gasteiger partial charge in [-0.25, -0.2) is 4.98 Å². The van der Waals surface area contributed by atoms with Crippen molar-refractivity contribution in [3.63, 3.8) is 0 Å². The maximum absolute atomic E-state index is 8.59. The summed E-state index contributed by atoms with van der Waals surface area (Å²) in [6.07, 6.45) is 3.41. The van der Waals surface area contributed by atoms with Crippen LogP contribution in [-0.2, 0) is 0 Å². The number of hydrogen-bond acceptors (Lipinski definition) is 4. The molecule has 0 atom stereocenters. The molecule has 14 heavy (non-hydrogen) atoms. The first-order valence-electron chi connectivity index (χ1n) is 4.81. The maximum atomic E-state index is 8.59. The second-order valence-electron chi connectivity index (χ2n) is 3.29. The molecule has 1 rings (SSSR count). The van der Waals surface area contributed by atoms with Crippen molar-refractivity contribution in [3.05, 3.63) is 17.8 Å². The second-order valence-corrected chi connectivity index (χ2v) is 3.29. The fraction of sp³-hybridized carbons (Fsp3) is 0.500. The van der Waals surface area contributed by atoms with E-state index in [0.717, 1.165) is 30.8 Å². The molecule has 0 saturated carbocycles. The summed E-state index contributed by atoms with van der Waals surface area (Å²) in [6, 6.07) is 1.89. The highest BCUT2D eigenvalue weighted by Gasteiger charge is 1.98. The summed E-state index contributed by atoms with van der Waals surface area (Å²) in [5.41, 5.74) is 7.31. The Labute approximate surface area is 84.2 Å². The lowest BCUT2D eigenvalue weighted by molar-refractivity contribution is 0.286. The summed E-state index contributed by atoms with van der Waals surface area (Å²) in [5, 5.41) is 11.8. The number of aryl methyl sites for hydroxylation is 1. The van der Waals surface area contributed by atoms with Crippen LogP contribution in [0.4, 0.5) is 11.5 Å². The van der Waals surface area contributed by atoms with Gasteiger partial charge in [0.25, 0.3) is 0 Å². The molecule has 0 saturated heterocycles. The van der Waals surface area contributed by atoms with Gasteiger partial charge in [0.15, 0.2) is 0 Å². The Bertz CT molecular complexity index is 289. The van der Waals surface area contributed by atoms with Crippen LogP contribution >= 0.6 is 0 Å². The van der Waals surface area contributed by atoms with Crippen molar-refractivity contribution in [3.8, 4) is 0 Å². The maximum Gasteiger partial charge on any atom is 0.128 e. The van der Waals surface area contributed by atoms with E-state index in [1.807, 2.05) is 13.0 Å². The van der Waals surface area contributed by atoms with Gasteiger partial charge < -0.3 is 16.2 Å². The van der Waals surface area contributed by atoms with Crippen LogP contribution in [0.5, 0.6) is 0 Å². The van der Waals surface area contributed by atoms with Gasteiger partial charge in [0.2, 0.25) is 0 Å². The van der Waals surface area contributed by atoms with Crippen LogP contribution in [0.3, 0.4) is 0 Å². The Morgan fingerprint density at radius 3 is 2.93 bits per heavy atom. The summed E-state index contributed by atoms with van der Waals surface area (Å²) in [5.74, 6) is 0.872. The highest BCUT2D eigenvalue weighted by Crippen LogP contribution is 2.13. The Balaban J connectivity index is 2.42. The van der Waals surface area contributed by atoms with Gasteiger partial charge in [0.05, 0.1) is 11.9 Å². The summed E-state index contributed by atoms with van der Waals surface area (Å²) in [6.45, 7) is 3.05. The summed E-state index contributed by atoms with van der Waals surface area (Å²) < 4.78 is 0. The third-order valence-corrected chi connectivity index (χ3v) is 1.98. The Kier molecular flexibility index (Phi) is 4.19. The lowest BCUT2D eigenvalue weighted by Crippen LogP contribution is -2.06. The van der Waals surface area contributed by atoms with E-state index in [1.54, 1.807) is 6.20 Å². The van der Waals surface area contributed by atoms with Gasteiger partial charge >= 0.3 is 0 Å². The van der Waals surface area contributed by atoms with Crippen LogP contribution in [0.15, 0.2) is 12.3 Å². The Morgan fingerprint density at radius 2 is 2.29 bits per heavy atom. The van der Waals surface area contributed by atoms with Gasteiger partial charge in [-0.05, 0) is 31.4 Å². The molecular formula is C10H17N3O. The van der Waals surface area contributed by atoms with Crippen molar-refractivity contribution in [2.24, 2.45) is 0 Å². The topological polar surface area (TPSA) is 71.2 Å². The first-order valence-corrected chi connectivity index (χ1v) is 4.81. The van der Waals surface area contributed by atoms with Crippen LogP contribution in [0.2, 0.25) is 0 Å². The quantitative estimate of drug-likeness (QED) is 0.616. The van der Waals surface area contributed by atoms with Gasteiger partial charge in [-0.15, -0.1) is 0 Å². The van der Waals surface area contributed by atoms with Gasteiger partial charge in [-0.3, -0.25) is 0 Å². The number of hydrogen-bond donors (Lipinski definition) is 3. The number of pyridine rings is 1. The monoisotopic (exact) mass is 195 g/mol. The van der Waals surface area contributed by atoms with E-state index in [9.17, 15) is 0 Å². The summed E-state index contributed by atoms with van der Waals surface area (Å²) in [4.78, 5) is 4.18. The number of aromatic nitrogens is 1. The second kappa shape index (κ2) is 5.44. The Hall–Kier alpha value is -1.29. The van der Waals surface area contributed by atoms with Gasteiger partial charge in [0.1, 0.15) is 5.82 Å². The van der Waals surface area contributed by atoms with E-state index in [2.05, 4.69) is 10.3 Å². The minimum absolute atomic E-state index is 0.246. The van der Waals surface area contributed by atoms with E-state index in [0.29, 0.717) is 5.69 Å². The van der Waals surface area contributed by atoms with Crippen molar-refractivity contribution in [2.75, 3.05) is 24.2 Å². The van der Waals surface area contributed by atoms with Crippen LogP contribution in [0, 0.1) is 6.92 Å². The van der Waals surface area contributed by atoms with Crippen molar-refractivity contribution in [2.45, 2.75) is 19.8 Å². The van der Waals surface area contributed by atoms with Crippen molar-refractivity contribution >= 4 is 11.5 Å². The largest absolute Gasteiger partial charge is 0.397 e. The third kappa shape index (κ3) is 3.22. The number of unbranched alkanes of at least 4 members (excludes halogenated alkanes) is 1. The van der Waals surface area contributed by atoms with E-state index >= 15 is 0 Å². The number of nitrogens with one attached hydrogen (secondary N) is 1. The lowest BCUT2D eigenvalue weighted by Gasteiger charge is -2.08. The van der Waals surface area contributed by atoms with E-state index in [1.165, 1.54) is 0 Å². The molecular weight excluding hydrogens is 178 g/mol. The number of rotatable bonds is 5. The SMILES string of the molecule is Cc1cc(N)cnc1NCCCCO. The van der Waals surface area contributed by atoms with Crippen LogP contribution < -0.4 is 11.1 Å². The van der Waals surface area contributed by atoms with Crippen molar-refractivity contribution in [1.82, 2.24) is 4.98 Å². The standard InChI is InChI=1S/C10H17N3O/c1-8-6-9(11)7-13-10(8)12-4-2-3-5-14/h6-7,14H,2-5,11H2,1H3,(H,12,13). The molecule has 1 heterocycles. The molecule has 0 aliphatic rings.